The van der Waals surface area contributed by atoms with Gasteiger partial charge in [0.2, 0.25) is 5.91 Å². The third-order valence-electron chi connectivity index (χ3n) is 5.50. The fraction of sp³-hybridized carbons (Fsp3) is 0.217. The summed E-state index contributed by atoms with van der Waals surface area (Å²) < 4.78 is 5.56. The molecular weight excluding hydrogens is 338 g/mol. The second-order valence-electron chi connectivity index (χ2n) is 7.21. The van der Waals surface area contributed by atoms with Crippen LogP contribution in [0.3, 0.4) is 0 Å². The van der Waals surface area contributed by atoms with Crippen LogP contribution in [0.5, 0.6) is 0 Å². The molecule has 1 aliphatic heterocycles. The molecule has 1 amide bonds. The molecule has 4 nitrogen and oxygen atoms in total. The minimum Gasteiger partial charge on any atom is -0.425 e. The molecule has 0 spiro atoms. The lowest BCUT2D eigenvalue weighted by atomic mass is 9.93. The van der Waals surface area contributed by atoms with Crippen LogP contribution in [0.1, 0.15) is 30.4 Å². The quantitative estimate of drug-likeness (QED) is 0.838. The molecule has 2 aromatic carbocycles. The van der Waals surface area contributed by atoms with Gasteiger partial charge in [-0.25, -0.2) is 4.79 Å². The van der Waals surface area contributed by atoms with E-state index in [1.54, 1.807) is 0 Å². The van der Waals surface area contributed by atoms with Crippen molar-refractivity contribution in [3.8, 4) is 0 Å². The fourth-order valence-electron chi connectivity index (χ4n) is 4.12. The third-order valence-corrected chi connectivity index (χ3v) is 5.50. The number of hydrogen-bond donors (Lipinski definition) is 1. The van der Waals surface area contributed by atoms with Crippen LogP contribution in [0.2, 0.25) is 0 Å². The average molecular weight is 357 g/mol. The van der Waals surface area contributed by atoms with Crippen molar-refractivity contribution in [1.29, 1.82) is 0 Å². The second-order valence-corrected chi connectivity index (χ2v) is 7.21. The van der Waals surface area contributed by atoms with Gasteiger partial charge in [0, 0.05) is 6.42 Å². The number of carbonyl (C=O) groups is 2. The van der Waals surface area contributed by atoms with E-state index in [1.807, 2.05) is 12.2 Å². The first kappa shape index (κ1) is 16.1. The van der Waals surface area contributed by atoms with Gasteiger partial charge in [-0.3, -0.25) is 4.79 Å². The highest BCUT2D eigenvalue weighted by molar-refractivity contribution is 5.96. The summed E-state index contributed by atoms with van der Waals surface area (Å²) in [5.74, 6) is 0.0924. The maximum Gasteiger partial charge on any atom is 0.334 e. The maximum absolute atomic E-state index is 12.4. The van der Waals surface area contributed by atoms with Crippen LogP contribution in [-0.4, -0.2) is 17.9 Å². The number of benzene rings is 2. The van der Waals surface area contributed by atoms with E-state index in [2.05, 4.69) is 47.8 Å². The zero-order valence-corrected chi connectivity index (χ0v) is 14.8. The topological polar surface area (TPSA) is 55.4 Å². The summed E-state index contributed by atoms with van der Waals surface area (Å²) in [6.45, 7) is 0. The molecule has 5 rings (SSSR count). The van der Waals surface area contributed by atoms with E-state index in [-0.39, 0.29) is 11.9 Å². The lowest BCUT2D eigenvalue weighted by Gasteiger charge is -2.22. The Morgan fingerprint density at radius 3 is 2.85 bits per heavy atom. The van der Waals surface area contributed by atoms with Crippen molar-refractivity contribution in [2.45, 2.75) is 31.7 Å². The largest absolute Gasteiger partial charge is 0.425 e. The molecular formula is C23H19NO3. The Morgan fingerprint density at radius 1 is 1.11 bits per heavy atom. The first-order valence-electron chi connectivity index (χ1n) is 9.35. The maximum atomic E-state index is 12.4. The van der Waals surface area contributed by atoms with Gasteiger partial charge in [0.25, 0.3) is 0 Å². The van der Waals surface area contributed by atoms with E-state index < -0.39 is 6.04 Å². The van der Waals surface area contributed by atoms with Crippen LogP contribution >= 0.6 is 0 Å². The molecule has 1 heterocycles. The Morgan fingerprint density at radius 2 is 1.96 bits per heavy atom. The number of fused-ring (bicyclic) bond motifs is 5. The number of amides is 1. The molecule has 1 atom stereocenters. The highest BCUT2D eigenvalue weighted by Crippen LogP contribution is 2.23. The Balaban J connectivity index is 1.45. The van der Waals surface area contributed by atoms with Crippen LogP contribution in [0.25, 0.3) is 29.0 Å². The van der Waals surface area contributed by atoms with Crippen molar-refractivity contribution in [3.05, 3.63) is 63.7 Å². The third kappa shape index (κ3) is 2.78. The Labute approximate surface area is 156 Å². The zero-order valence-electron chi connectivity index (χ0n) is 14.8. The monoisotopic (exact) mass is 357 g/mol. The van der Waals surface area contributed by atoms with Crippen molar-refractivity contribution >= 4 is 40.9 Å². The van der Waals surface area contributed by atoms with E-state index in [1.165, 1.54) is 27.1 Å². The molecule has 1 fully saturated rings. The minimum absolute atomic E-state index is 0.0829. The Bertz CT molecular complexity index is 1170. The number of nitrogens with one attached hydrogen (secondary N) is 1. The van der Waals surface area contributed by atoms with Crippen LogP contribution in [0.4, 0.5) is 0 Å². The predicted octanol–water partition coefficient (Wildman–Crippen LogP) is 2.08. The van der Waals surface area contributed by atoms with Crippen LogP contribution in [0, 0.1) is 0 Å². The number of carbonyl (C=O) groups excluding carboxylic acids is 2. The van der Waals surface area contributed by atoms with Crippen LogP contribution < -0.4 is 15.8 Å². The minimum atomic E-state index is -0.538. The second kappa shape index (κ2) is 6.23. The zero-order chi connectivity index (χ0) is 18.4. The molecule has 4 heteroatoms. The van der Waals surface area contributed by atoms with Gasteiger partial charge >= 0.3 is 5.97 Å². The number of ether oxygens (including phenoxy) is 1. The Kier molecular flexibility index (Phi) is 3.71. The van der Waals surface area contributed by atoms with Gasteiger partial charge in [-0.1, -0.05) is 42.5 Å². The van der Waals surface area contributed by atoms with Gasteiger partial charge in [0.15, 0.2) is 0 Å². The van der Waals surface area contributed by atoms with E-state index in [4.69, 9.17) is 4.74 Å². The van der Waals surface area contributed by atoms with Gasteiger partial charge in [-0.05, 0) is 63.8 Å². The number of allylic oxidation sites excluding steroid dienone is 3. The molecule has 134 valence electrons. The summed E-state index contributed by atoms with van der Waals surface area (Å²) in [5, 5.41) is 7.53. The van der Waals surface area contributed by atoms with Gasteiger partial charge in [-0.15, -0.1) is 0 Å². The van der Waals surface area contributed by atoms with E-state index in [0.29, 0.717) is 18.6 Å². The summed E-state index contributed by atoms with van der Waals surface area (Å²) in [4.78, 5) is 23.8. The normalized spacial score (nSPS) is 20.1. The summed E-state index contributed by atoms with van der Waals surface area (Å²) in [7, 11) is 0. The molecule has 0 aromatic heterocycles. The van der Waals surface area contributed by atoms with Crippen molar-refractivity contribution in [1.82, 2.24) is 5.32 Å². The van der Waals surface area contributed by atoms with E-state index in [0.717, 1.165) is 18.1 Å². The van der Waals surface area contributed by atoms with Crippen molar-refractivity contribution in [2.24, 2.45) is 0 Å². The number of hydrogen-bond acceptors (Lipinski definition) is 3. The van der Waals surface area contributed by atoms with E-state index >= 15 is 0 Å². The van der Waals surface area contributed by atoms with Crippen molar-refractivity contribution in [3.63, 3.8) is 0 Å². The molecule has 3 aliphatic rings. The molecule has 2 aromatic rings. The highest BCUT2D eigenvalue weighted by Gasteiger charge is 2.26. The van der Waals surface area contributed by atoms with Crippen LogP contribution in [0.15, 0.2) is 42.2 Å². The summed E-state index contributed by atoms with van der Waals surface area (Å²) in [6, 6.07) is 8.02. The first-order valence-corrected chi connectivity index (χ1v) is 9.35. The number of rotatable bonds is 2. The lowest BCUT2D eigenvalue weighted by Crippen LogP contribution is -2.44. The van der Waals surface area contributed by atoms with Gasteiger partial charge in [-0.2, -0.15) is 0 Å². The summed E-state index contributed by atoms with van der Waals surface area (Å²) in [5.41, 5.74) is 2.52. The summed E-state index contributed by atoms with van der Waals surface area (Å²) >= 11 is 0. The molecule has 27 heavy (non-hydrogen) atoms. The lowest BCUT2D eigenvalue weighted by molar-refractivity contribution is -0.144. The predicted molar refractivity (Wildman–Crippen MR) is 105 cm³/mol. The van der Waals surface area contributed by atoms with Gasteiger partial charge in [0.1, 0.15) is 11.8 Å². The molecule has 1 N–H and O–H groups in total. The van der Waals surface area contributed by atoms with Crippen LogP contribution in [-0.2, 0) is 20.7 Å². The molecule has 2 aliphatic carbocycles. The fourth-order valence-corrected chi connectivity index (χ4v) is 4.12. The standard InChI is InChI=1S/C23H19NO3/c25-22-6-2-5-21(24-22)23(26)27-16-9-12-18-15(13-16)8-11-19-17-4-1-3-14(17)7-10-20(18)19/h1,3-4,7-11,13,21H,2,5-6,12H2,(H,24,25). The van der Waals surface area contributed by atoms with E-state index in [9.17, 15) is 9.59 Å². The smallest absolute Gasteiger partial charge is 0.334 e. The SMILES string of the molecule is O=C1CCCC(C(=O)OC2=CCc3c(ccc4c5c(ccc34)=CC=C5)=C2)N1. The molecule has 1 unspecified atom stereocenters. The van der Waals surface area contributed by atoms with Crippen molar-refractivity contribution < 1.29 is 14.3 Å². The van der Waals surface area contributed by atoms with Crippen molar-refractivity contribution in [2.75, 3.05) is 0 Å². The first-order chi connectivity index (χ1) is 13.2. The van der Waals surface area contributed by atoms with Gasteiger partial charge in [0.05, 0.1) is 0 Å². The average Bonchev–Trinajstić information content (AvgIpc) is 3.16. The summed E-state index contributed by atoms with van der Waals surface area (Å²) in [6.07, 6.45) is 12.8. The number of piperidine rings is 1. The van der Waals surface area contributed by atoms with Gasteiger partial charge < -0.3 is 10.1 Å². The molecule has 0 radical (unpaired) electrons. The molecule has 1 saturated heterocycles. The Hall–Kier alpha value is -3.14. The highest BCUT2D eigenvalue weighted by atomic mass is 16.5. The molecule has 0 saturated carbocycles. The number of esters is 1. The molecule has 0 bridgehead atoms.